The van der Waals surface area contributed by atoms with Gasteiger partial charge in [0.2, 0.25) is 0 Å². The first-order valence-corrected chi connectivity index (χ1v) is 10.1. The molecule has 0 amide bonds. The molecule has 0 aliphatic carbocycles. The summed E-state index contributed by atoms with van der Waals surface area (Å²) in [4.78, 5) is 26.2. The van der Waals surface area contributed by atoms with E-state index in [9.17, 15) is 9.90 Å². The molecule has 0 saturated carbocycles. The Morgan fingerprint density at radius 2 is 2.07 bits per heavy atom. The van der Waals surface area contributed by atoms with E-state index in [-0.39, 0.29) is 0 Å². The van der Waals surface area contributed by atoms with Gasteiger partial charge < -0.3 is 9.67 Å². The molecule has 0 bridgehead atoms. The van der Waals surface area contributed by atoms with Crippen LogP contribution in [-0.2, 0) is 17.8 Å². The molecule has 6 heteroatoms. The number of aliphatic carboxylic acids is 1. The van der Waals surface area contributed by atoms with Gasteiger partial charge in [-0.05, 0) is 44.7 Å². The third kappa shape index (κ3) is 3.07. The van der Waals surface area contributed by atoms with Crippen molar-refractivity contribution in [1.82, 2.24) is 19.5 Å². The maximum atomic E-state index is 12.2. The van der Waals surface area contributed by atoms with Crippen LogP contribution < -0.4 is 0 Å². The number of rotatable bonds is 5. The number of hydrogen-bond acceptors (Lipinski definition) is 4. The number of nitrogens with zero attached hydrogens (tertiary/aromatic N) is 4. The third-order valence-electron chi connectivity index (χ3n) is 5.65. The molecule has 1 aliphatic rings. The Morgan fingerprint density at radius 3 is 2.75 bits per heavy atom. The second-order valence-corrected chi connectivity index (χ2v) is 7.66. The molecule has 1 atom stereocenters. The smallest absolute Gasteiger partial charge is 0.311 e. The van der Waals surface area contributed by atoms with Crippen molar-refractivity contribution >= 4 is 17.1 Å². The quantitative estimate of drug-likeness (QED) is 0.711. The molecule has 0 radical (unpaired) electrons. The standard InChI is InChI=1S/C22H26N4O2/c1-4-7-16(22(27)28)18-14(3)24-21-20(26-11-6-5-8-17(26)25-21)19(18)15-10-9-13(2)23-12-15/h9-10,12,16H,4-8,11H2,1-3H3,(H,27,28). The lowest BCUT2D eigenvalue weighted by Crippen LogP contribution is -2.16. The SMILES string of the molecule is CCCC(C(=O)O)c1c(C)nc2nc3n(c2c1-c1ccc(C)nc1)CCCC3. The van der Waals surface area contributed by atoms with Gasteiger partial charge in [-0.25, -0.2) is 9.97 Å². The van der Waals surface area contributed by atoms with E-state index < -0.39 is 11.9 Å². The monoisotopic (exact) mass is 378 g/mol. The Bertz CT molecular complexity index is 1040. The molecule has 0 spiro atoms. The van der Waals surface area contributed by atoms with Crippen LogP contribution in [0.5, 0.6) is 0 Å². The fraction of sp³-hybridized carbons (Fsp3) is 0.455. The zero-order valence-electron chi connectivity index (χ0n) is 16.7. The van der Waals surface area contributed by atoms with Crippen LogP contribution in [0.4, 0.5) is 0 Å². The van der Waals surface area contributed by atoms with Gasteiger partial charge in [0.1, 0.15) is 5.82 Å². The van der Waals surface area contributed by atoms with Gasteiger partial charge in [0.25, 0.3) is 0 Å². The van der Waals surface area contributed by atoms with Crippen molar-refractivity contribution in [2.24, 2.45) is 0 Å². The predicted molar refractivity (Wildman–Crippen MR) is 108 cm³/mol. The zero-order valence-corrected chi connectivity index (χ0v) is 16.7. The first-order valence-electron chi connectivity index (χ1n) is 10.1. The molecular formula is C22H26N4O2. The Morgan fingerprint density at radius 1 is 1.25 bits per heavy atom. The summed E-state index contributed by atoms with van der Waals surface area (Å²) in [6.07, 6.45) is 6.39. The van der Waals surface area contributed by atoms with Gasteiger partial charge in [0, 0.05) is 41.7 Å². The molecular weight excluding hydrogens is 352 g/mol. The molecule has 3 aromatic rings. The van der Waals surface area contributed by atoms with Gasteiger partial charge in [-0.1, -0.05) is 19.4 Å². The second-order valence-electron chi connectivity index (χ2n) is 7.66. The van der Waals surface area contributed by atoms with Crippen LogP contribution in [0, 0.1) is 13.8 Å². The molecule has 28 heavy (non-hydrogen) atoms. The summed E-state index contributed by atoms with van der Waals surface area (Å²) in [5, 5.41) is 9.99. The Labute approximate surface area is 164 Å². The molecule has 6 nitrogen and oxygen atoms in total. The Hall–Kier alpha value is -2.76. The number of aryl methyl sites for hydroxylation is 4. The summed E-state index contributed by atoms with van der Waals surface area (Å²) in [7, 11) is 0. The summed E-state index contributed by atoms with van der Waals surface area (Å²) in [5.74, 6) is -0.340. The molecule has 0 fully saturated rings. The summed E-state index contributed by atoms with van der Waals surface area (Å²) in [5.41, 5.74) is 6.05. The van der Waals surface area contributed by atoms with Crippen molar-refractivity contribution in [1.29, 1.82) is 0 Å². The summed E-state index contributed by atoms with van der Waals surface area (Å²) >= 11 is 0. The number of imidazole rings is 1. The fourth-order valence-corrected chi connectivity index (χ4v) is 4.34. The van der Waals surface area contributed by atoms with Crippen molar-refractivity contribution < 1.29 is 9.90 Å². The van der Waals surface area contributed by atoms with E-state index in [2.05, 4.69) is 9.55 Å². The normalized spacial score (nSPS) is 14.8. The molecule has 4 rings (SSSR count). The fourth-order valence-electron chi connectivity index (χ4n) is 4.34. The second kappa shape index (κ2) is 7.34. The first-order chi connectivity index (χ1) is 13.5. The number of fused-ring (bicyclic) bond motifs is 3. The zero-order chi connectivity index (χ0) is 19.8. The molecule has 0 saturated heterocycles. The lowest BCUT2D eigenvalue weighted by Gasteiger charge is -2.21. The molecule has 1 aliphatic heterocycles. The van der Waals surface area contributed by atoms with Crippen LogP contribution in [0.25, 0.3) is 22.3 Å². The summed E-state index contributed by atoms with van der Waals surface area (Å²) < 4.78 is 2.24. The molecule has 1 unspecified atom stereocenters. The average molecular weight is 378 g/mol. The number of carboxylic acids is 1. The van der Waals surface area contributed by atoms with Gasteiger partial charge in [-0.2, -0.15) is 0 Å². The molecule has 3 aromatic heterocycles. The topological polar surface area (TPSA) is 80.9 Å². The lowest BCUT2D eigenvalue weighted by atomic mass is 9.86. The van der Waals surface area contributed by atoms with E-state index in [4.69, 9.17) is 9.97 Å². The minimum atomic E-state index is -0.800. The number of carboxylic acid groups (broad SMARTS) is 1. The van der Waals surface area contributed by atoms with E-state index in [0.717, 1.165) is 77.3 Å². The number of aromatic nitrogens is 4. The molecule has 0 aromatic carbocycles. The van der Waals surface area contributed by atoms with Crippen LogP contribution in [0.3, 0.4) is 0 Å². The van der Waals surface area contributed by atoms with Crippen LogP contribution in [0.1, 0.15) is 61.3 Å². The van der Waals surface area contributed by atoms with Crippen LogP contribution in [0.2, 0.25) is 0 Å². The van der Waals surface area contributed by atoms with Crippen molar-refractivity contribution in [3.05, 3.63) is 41.1 Å². The maximum absolute atomic E-state index is 12.2. The summed E-state index contributed by atoms with van der Waals surface area (Å²) in [6.45, 7) is 6.78. The van der Waals surface area contributed by atoms with E-state index in [0.29, 0.717) is 6.42 Å². The lowest BCUT2D eigenvalue weighted by molar-refractivity contribution is -0.139. The summed E-state index contributed by atoms with van der Waals surface area (Å²) in [6, 6.07) is 4.01. The minimum absolute atomic E-state index is 0.580. The first kappa shape index (κ1) is 18.6. The van der Waals surface area contributed by atoms with Crippen molar-refractivity contribution in [3.8, 4) is 11.1 Å². The van der Waals surface area contributed by atoms with Gasteiger partial charge in [0.15, 0.2) is 5.65 Å². The number of hydrogen-bond donors (Lipinski definition) is 1. The highest BCUT2D eigenvalue weighted by molar-refractivity contribution is 5.95. The van der Waals surface area contributed by atoms with Crippen LogP contribution >= 0.6 is 0 Å². The van der Waals surface area contributed by atoms with Crippen LogP contribution in [-0.4, -0.2) is 30.6 Å². The highest BCUT2D eigenvalue weighted by Gasteiger charge is 2.30. The largest absolute Gasteiger partial charge is 0.481 e. The van der Waals surface area contributed by atoms with E-state index in [1.54, 1.807) is 0 Å². The Kier molecular flexibility index (Phi) is 4.87. The minimum Gasteiger partial charge on any atom is -0.481 e. The van der Waals surface area contributed by atoms with Gasteiger partial charge in [-0.3, -0.25) is 9.78 Å². The maximum Gasteiger partial charge on any atom is 0.311 e. The van der Waals surface area contributed by atoms with Gasteiger partial charge in [0.05, 0.1) is 11.4 Å². The Balaban J connectivity index is 2.09. The predicted octanol–water partition coefficient (Wildman–Crippen LogP) is 4.41. The van der Waals surface area contributed by atoms with Crippen LogP contribution in [0.15, 0.2) is 18.3 Å². The third-order valence-corrected chi connectivity index (χ3v) is 5.65. The van der Waals surface area contributed by atoms with Crippen molar-refractivity contribution in [2.75, 3.05) is 0 Å². The number of carbonyl (C=O) groups is 1. The van der Waals surface area contributed by atoms with Crippen molar-refractivity contribution in [3.63, 3.8) is 0 Å². The number of pyridine rings is 2. The molecule has 4 heterocycles. The van der Waals surface area contributed by atoms with E-state index in [1.165, 1.54) is 0 Å². The van der Waals surface area contributed by atoms with Crippen molar-refractivity contribution in [2.45, 2.75) is 65.3 Å². The molecule has 146 valence electrons. The van der Waals surface area contributed by atoms with Gasteiger partial charge >= 0.3 is 5.97 Å². The van der Waals surface area contributed by atoms with Gasteiger partial charge in [-0.15, -0.1) is 0 Å². The highest BCUT2D eigenvalue weighted by atomic mass is 16.4. The highest BCUT2D eigenvalue weighted by Crippen LogP contribution is 2.40. The average Bonchev–Trinajstić information content (AvgIpc) is 3.04. The molecule has 1 N–H and O–H groups in total. The van der Waals surface area contributed by atoms with E-state index in [1.807, 2.05) is 39.1 Å². The van der Waals surface area contributed by atoms with E-state index >= 15 is 0 Å².